The summed E-state index contributed by atoms with van der Waals surface area (Å²) >= 11 is 0. The molecule has 4 fully saturated rings. The van der Waals surface area contributed by atoms with Gasteiger partial charge in [0.25, 0.3) is 5.91 Å². The number of aromatic nitrogens is 1. The van der Waals surface area contributed by atoms with E-state index in [0.29, 0.717) is 25.0 Å². The lowest BCUT2D eigenvalue weighted by Gasteiger charge is -2.49. The van der Waals surface area contributed by atoms with Gasteiger partial charge in [-0.1, -0.05) is 20.8 Å². The fraction of sp³-hybridized carbons (Fsp3) is 0.797. The molecule has 4 heterocycles. The van der Waals surface area contributed by atoms with Crippen molar-refractivity contribution in [1.82, 2.24) is 24.6 Å². The Hall–Kier alpha value is -3.95. The monoisotopic (exact) mass is 1160 g/mol. The molecule has 466 valence electrons. The Balaban J connectivity index is 1.18. The summed E-state index contributed by atoms with van der Waals surface area (Å²) in [5.41, 5.74) is -4.78. The van der Waals surface area contributed by atoms with Crippen LogP contribution in [0.5, 0.6) is 0 Å². The van der Waals surface area contributed by atoms with Crippen LogP contribution in [0.1, 0.15) is 131 Å². The second-order valence-corrected chi connectivity index (χ2v) is 24.9. The molecule has 1 aromatic carbocycles. The minimum Gasteiger partial charge on any atom is -0.459 e. The van der Waals surface area contributed by atoms with Crippen LogP contribution in [0, 0.1) is 23.6 Å². The van der Waals surface area contributed by atoms with E-state index in [2.05, 4.69) is 10.6 Å². The number of methoxy groups -OCH3 is 1. The number of halogens is 1. The van der Waals surface area contributed by atoms with Gasteiger partial charge in [-0.3, -0.25) is 19.2 Å². The standard InChI is InChI=1S/C59H97FN6O16/c1-16-45-59(10,75)51(71)36(6)65(14)30-32(2)28-57(8,74)52(82-56-49(70)44(63(11)12)25-33(3)77-56)34(4)50(35(5)55(73)79-45)81-47-29-58(9,76-15)53(37(7)78-47)80-46(68)19-22-64(13)23-20-61-42-27-43-39(26-41(42)60)48(69)40(54(72)62-21-24-67)31-66(43)38-17-18-38/h26-27,31-38,44-45,47,49-53,56,61,67,70-71,74-75H,16-25,28-30H2,1-15H3,(H,62,72)/t32-,33-,34+,35-,36-,37+,44+,45-,47+,49-,50+,51-,52-,53+,56+,57-,58-,59-/m1/s1. The van der Waals surface area contributed by atoms with E-state index in [1.54, 1.807) is 54.5 Å². The number of likely N-dealkylation sites (N-methyl/N-ethyl adjacent to an activating group) is 3. The van der Waals surface area contributed by atoms with Gasteiger partial charge in [-0.15, -0.1) is 0 Å². The normalized spacial score (nSPS) is 36.6. The SMILES string of the molecule is CC[C@H]1OC(=O)[C@H](C)[C@@H](O[C@H]2C[C@@](C)(OC)[C@@H](OC(=O)CCN(C)CCNc3cc4c(cc3F)c(=O)c(C(=O)NCCO)cn4C3CC3)[C@H](C)O2)[C@H](C)[C@@H](O[C@@H]2O[C@H](C)C[C@H](N(C)C)[C@H]2O)[C@](C)(O)C[C@@H](C)CN(C)[C@H](C)[C@@H](O)[C@]1(C)O. The maximum Gasteiger partial charge on any atom is 0.311 e. The summed E-state index contributed by atoms with van der Waals surface area (Å²) in [4.78, 5) is 60.1. The number of aliphatic hydroxyl groups excluding tert-OH is 3. The number of nitrogens with zero attached hydrogens (tertiary/aromatic N) is 4. The van der Waals surface area contributed by atoms with E-state index in [9.17, 15) is 39.6 Å². The molecule has 2 aromatic rings. The Kier molecular flexibility index (Phi) is 23.0. The van der Waals surface area contributed by atoms with E-state index in [4.69, 9.17) is 38.3 Å². The third-order valence-corrected chi connectivity index (χ3v) is 17.6. The van der Waals surface area contributed by atoms with Crippen LogP contribution in [0.2, 0.25) is 0 Å². The van der Waals surface area contributed by atoms with Gasteiger partial charge in [0.2, 0.25) is 5.43 Å². The number of cyclic esters (lactones) is 1. The number of carbonyl (C=O) groups is 3. The number of carbonyl (C=O) groups excluding carboxylic acids is 3. The van der Waals surface area contributed by atoms with Crippen molar-refractivity contribution in [2.75, 3.05) is 79.9 Å². The number of nitrogens with one attached hydrogen (secondary N) is 2. The van der Waals surface area contributed by atoms with Crippen LogP contribution in [-0.2, 0) is 42.7 Å². The van der Waals surface area contributed by atoms with Crippen molar-refractivity contribution in [2.45, 2.75) is 211 Å². The molecule has 0 radical (unpaired) electrons. The minimum atomic E-state index is -1.88. The molecule has 1 aliphatic carbocycles. The van der Waals surface area contributed by atoms with Crippen molar-refractivity contribution in [3.05, 3.63) is 39.9 Å². The molecular weight excluding hydrogens is 1070 g/mol. The van der Waals surface area contributed by atoms with Gasteiger partial charge in [-0.2, -0.15) is 0 Å². The van der Waals surface area contributed by atoms with Gasteiger partial charge in [0.15, 0.2) is 18.7 Å². The van der Waals surface area contributed by atoms with Crippen molar-refractivity contribution >= 4 is 34.4 Å². The van der Waals surface area contributed by atoms with Crippen molar-refractivity contribution < 1.29 is 77.5 Å². The number of hydrogen-bond acceptors (Lipinski definition) is 20. The van der Waals surface area contributed by atoms with E-state index < -0.39 is 119 Å². The van der Waals surface area contributed by atoms with Crippen LogP contribution in [0.15, 0.2) is 23.1 Å². The summed E-state index contributed by atoms with van der Waals surface area (Å²) in [6.45, 7) is 18.5. The van der Waals surface area contributed by atoms with Gasteiger partial charge in [0.05, 0.1) is 60.2 Å². The number of rotatable bonds is 19. The summed E-state index contributed by atoms with van der Waals surface area (Å²) in [6, 6.07) is 1.84. The van der Waals surface area contributed by atoms with E-state index in [-0.39, 0.29) is 92.7 Å². The lowest BCUT2D eigenvalue weighted by atomic mass is 9.77. The highest BCUT2D eigenvalue weighted by Crippen LogP contribution is 2.42. The van der Waals surface area contributed by atoms with Gasteiger partial charge >= 0.3 is 11.9 Å². The second-order valence-electron chi connectivity index (χ2n) is 24.9. The number of hydrogen-bond donors (Lipinski definition) is 7. The average Bonchev–Trinajstić information content (AvgIpc) is 4.38. The quantitative estimate of drug-likeness (QED) is 0.0994. The largest absolute Gasteiger partial charge is 0.459 e. The zero-order valence-corrected chi connectivity index (χ0v) is 51.1. The average molecular weight is 1170 g/mol. The van der Waals surface area contributed by atoms with Gasteiger partial charge in [-0.25, -0.2) is 4.39 Å². The third kappa shape index (κ3) is 15.7. The number of amides is 1. The lowest BCUT2D eigenvalue weighted by Crippen LogP contribution is -2.61. The number of aliphatic hydroxyl groups is 5. The molecule has 4 aliphatic rings. The van der Waals surface area contributed by atoms with E-state index in [1.807, 2.05) is 61.3 Å². The first-order valence-electron chi connectivity index (χ1n) is 29.3. The molecule has 3 aliphatic heterocycles. The molecule has 18 atom stereocenters. The predicted molar refractivity (Wildman–Crippen MR) is 305 cm³/mol. The number of pyridine rings is 1. The molecule has 1 saturated carbocycles. The molecule has 0 unspecified atom stereocenters. The maximum atomic E-state index is 15.6. The van der Waals surface area contributed by atoms with E-state index in [1.165, 1.54) is 20.2 Å². The zero-order valence-electron chi connectivity index (χ0n) is 51.1. The van der Waals surface area contributed by atoms with Crippen LogP contribution in [0.3, 0.4) is 0 Å². The molecule has 23 heteroatoms. The Morgan fingerprint density at radius 3 is 2.24 bits per heavy atom. The highest BCUT2D eigenvalue weighted by atomic mass is 19.1. The Morgan fingerprint density at radius 2 is 1.62 bits per heavy atom. The summed E-state index contributed by atoms with van der Waals surface area (Å²) in [6.07, 6.45) is -6.18. The van der Waals surface area contributed by atoms with Crippen molar-refractivity contribution in [2.24, 2.45) is 17.8 Å². The predicted octanol–water partition coefficient (Wildman–Crippen LogP) is 3.40. The molecule has 1 aromatic heterocycles. The number of benzene rings is 1. The summed E-state index contributed by atoms with van der Waals surface area (Å²) < 4.78 is 62.4. The maximum absolute atomic E-state index is 15.6. The molecule has 0 spiro atoms. The first-order chi connectivity index (χ1) is 38.4. The van der Waals surface area contributed by atoms with Crippen molar-refractivity contribution in [3.8, 4) is 0 Å². The Morgan fingerprint density at radius 1 is 0.939 bits per heavy atom. The van der Waals surface area contributed by atoms with Gasteiger partial charge in [0.1, 0.15) is 40.9 Å². The minimum absolute atomic E-state index is 0.0136. The van der Waals surface area contributed by atoms with Gasteiger partial charge in [0, 0.05) is 81.9 Å². The Labute approximate surface area is 483 Å². The lowest BCUT2D eigenvalue weighted by molar-refractivity contribution is -0.318. The fourth-order valence-corrected chi connectivity index (χ4v) is 12.5. The summed E-state index contributed by atoms with van der Waals surface area (Å²) in [5.74, 6) is -4.77. The van der Waals surface area contributed by atoms with Crippen LogP contribution >= 0.6 is 0 Å². The van der Waals surface area contributed by atoms with Crippen molar-refractivity contribution in [1.29, 1.82) is 0 Å². The van der Waals surface area contributed by atoms with Crippen LogP contribution in [-0.4, -0.2) is 228 Å². The summed E-state index contributed by atoms with van der Waals surface area (Å²) in [5, 5.41) is 63.1. The van der Waals surface area contributed by atoms with E-state index >= 15 is 4.39 Å². The van der Waals surface area contributed by atoms with Crippen LogP contribution in [0.25, 0.3) is 10.9 Å². The first-order valence-corrected chi connectivity index (χ1v) is 29.3. The third-order valence-electron chi connectivity index (χ3n) is 17.6. The highest BCUT2D eigenvalue weighted by Gasteiger charge is 2.54. The van der Waals surface area contributed by atoms with Crippen molar-refractivity contribution in [3.63, 3.8) is 0 Å². The second kappa shape index (κ2) is 28.0. The molecular formula is C59H97FN6O16. The summed E-state index contributed by atoms with van der Waals surface area (Å²) in [7, 11) is 8.86. The molecule has 3 saturated heterocycles. The molecule has 82 heavy (non-hydrogen) atoms. The van der Waals surface area contributed by atoms with Gasteiger partial charge < -0.3 is 88.6 Å². The van der Waals surface area contributed by atoms with Crippen LogP contribution in [0.4, 0.5) is 10.1 Å². The molecule has 22 nitrogen and oxygen atoms in total. The molecule has 0 bridgehead atoms. The Bertz CT molecular complexity index is 2530. The molecule has 1 amide bonds. The first kappa shape index (κ1) is 67.2. The molecule has 7 N–H and O–H groups in total. The number of anilines is 1. The number of fused-ring (bicyclic) bond motifs is 1. The number of ether oxygens (including phenoxy) is 7. The fourth-order valence-electron chi connectivity index (χ4n) is 12.5. The zero-order chi connectivity index (χ0) is 60.9. The van der Waals surface area contributed by atoms with E-state index in [0.717, 1.165) is 18.9 Å². The smallest absolute Gasteiger partial charge is 0.311 e. The van der Waals surface area contributed by atoms with Crippen LogP contribution < -0.4 is 16.1 Å². The topological polar surface area (TPSA) is 273 Å². The molecule has 6 rings (SSSR count). The number of esters is 2. The van der Waals surface area contributed by atoms with Gasteiger partial charge in [-0.05, 0) is 127 Å². The highest BCUT2D eigenvalue weighted by molar-refractivity contribution is 5.98.